The first-order valence-corrected chi connectivity index (χ1v) is 6.31. The van der Waals surface area contributed by atoms with Crippen LogP contribution in [0.2, 0.25) is 5.02 Å². The highest BCUT2D eigenvalue weighted by atomic mass is 79.9. The molecule has 5 heteroatoms. The number of hydrogen-bond acceptors (Lipinski definition) is 3. The van der Waals surface area contributed by atoms with Crippen LogP contribution in [0.3, 0.4) is 0 Å². The van der Waals surface area contributed by atoms with Crippen molar-refractivity contribution in [2.24, 2.45) is 0 Å². The van der Waals surface area contributed by atoms with Crippen LogP contribution in [0.15, 0.2) is 22.7 Å². The SMILES string of the molecule is COC(=O)C(C)(C)NCc1ccc(Br)cc1Cl. The van der Waals surface area contributed by atoms with Crippen LogP contribution in [-0.4, -0.2) is 18.6 Å². The highest BCUT2D eigenvalue weighted by molar-refractivity contribution is 9.10. The molecule has 0 amide bonds. The van der Waals surface area contributed by atoms with Crippen LogP contribution < -0.4 is 5.32 Å². The van der Waals surface area contributed by atoms with E-state index in [0.717, 1.165) is 10.0 Å². The second-order valence-corrected chi connectivity index (χ2v) is 5.53. The van der Waals surface area contributed by atoms with Crippen molar-refractivity contribution in [1.29, 1.82) is 0 Å². The first-order chi connectivity index (χ1) is 7.86. The number of carbonyl (C=O) groups excluding carboxylic acids is 1. The monoisotopic (exact) mass is 319 g/mol. The topological polar surface area (TPSA) is 38.3 Å². The molecule has 94 valence electrons. The molecule has 0 radical (unpaired) electrons. The summed E-state index contributed by atoms with van der Waals surface area (Å²) in [7, 11) is 1.37. The molecule has 1 aromatic carbocycles. The molecule has 0 aliphatic carbocycles. The quantitative estimate of drug-likeness (QED) is 0.866. The molecule has 0 aromatic heterocycles. The van der Waals surface area contributed by atoms with Gasteiger partial charge in [-0.2, -0.15) is 0 Å². The van der Waals surface area contributed by atoms with Crippen molar-refractivity contribution >= 4 is 33.5 Å². The van der Waals surface area contributed by atoms with Gasteiger partial charge in [0.05, 0.1) is 7.11 Å². The maximum absolute atomic E-state index is 11.5. The summed E-state index contributed by atoms with van der Waals surface area (Å²) < 4.78 is 5.64. The van der Waals surface area contributed by atoms with Gasteiger partial charge in [0.1, 0.15) is 5.54 Å². The average Bonchev–Trinajstić information content (AvgIpc) is 2.26. The molecule has 0 aliphatic rings. The Kier molecular flexibility index (Phi) is 4.98. The number of nitrogens with one attached hydrogen (secondary N) is 1. The van der Waals surface area contributed by atoms with E-state index >= 15 is 0 Å². The number of esters is 1. The molecule has 0 atom stereocenters. The number of hydrogen-bond donors (Lipinski definition) is 1. The number of rotatable bonds is 4. The van der Waals surface area contributed by atoms with E-state index in [1.807, 2.05) is 18.2 Å². The lowest BCUT2D eigenvalue weighted by molar-refractivity contribution is -0.147. The number of methoxy groups -OCH3 is 1. The molecule has 0 fully saturated rings. The summed E-state index contributed by atoms with van der Waals surface area (Å²) in [5.74, 6) is -0.300. The molecule has 0 heterocycles. The van der Waals surface area contributed by atoms with Crippen LogP contribution in [0.4, 0.5) is 0 Å². The lowest BCUT2D eigenvalue weighted by Crippen LogP contribution is -2.47. The third-order valence-electron chi connectivity index (χ3n) is 2.43. The number of carbonyl (C=O) groups is 1. The first kappa shape index (κ1) is 14.5. The summed E-state index contributed by atoms with van der Waals surface area (Å²) in [5, 5.41) is 3.77. The third kappa shape index (κ3) is 3.98. The Hall–Kier alpha value is -0.580. The Morgan fingerprint density at radius 3 is 2.71 bits per heavy atom. The Morgan fingerprint density at radius 1 is 1.53 bits per heavy atom. The Balaban J connectivity index is 2.70. The van der Waals surface area contributed by atoms with E-state index in [4.69, 9.17) is 16.3 Å². The maximum atomic E-state index is 11.5. The molecule has 0 aliphatic heterocycles. The highest BCUT2D eigenvalue weighted by Gasteiger charge is 2.27. The van der Waals surface area contributed by atoms with E-state index in [1.54, 1.807) is 13.8 Å². The molecular formula is C12H15BrClNO2. The first-order valence-electron chi connectivity index (χ1n) is 5.14. The van der Waals surface area contributed by atoms with E-state index in [1.165, 1.54) is 7.11 Å². The van der Waals surface area contributed by atoms with Gasteiger partial charge in [-0.25, -0.2) is 0 Å². The standard InChI is InChI=1S/C12H15BrClNO2/c1-12(2,11(16)17-3)15-7-8-4-5-9(13)6-10(8)14/h4-6,15H,7H2,1-3H3. The van der Waals surface area contributed by atoms with Gasteiger partial charge in [-0.1, -0.05) is 33.6 Å². The molecule has 17 heavy (non-hydrogen) atoms. The average molecular weight is 321 g/mol. The van der Waals surface area contributed by atoms with Crippen molar-refractivity contribution in [1.82, 2.24) is 5.32 Å². The molecule has 0 saturated carbocycles. The highest BCUT2D eigenvalue weighted by Crippen LogP contribution is 2.21. The van der Waals surface area contributed by atoms with Crippen molar-refractivity contribution in [3.63, 3.8) is 0 Å². The molecule has 1 aromatic rings. The minimum atomic E-state index is -0.731. The Morgan fingerprint density at radius 2 is 2.18 bits per heavy atom. The fourth-order valence-corrected chi connectivity index (χ4v) is 2.05. The fraction of sp³-hybridized carbons (Fsp3) is 0.417. The van der Waals surface area contributed by atoms with Crippen LogP contribution >= 0.6 is 27.5 Å². The van der Waals surface area contributed by atoms with E-state index in [2.05, 4.69) is 21.2 Å². The molecule has 3 nitrogen and oxygen atoms in total. The fourth-order valence-electron chi connectivity index (χ4n) is 1.31. The summed E-state index contributed by atoms with van der Waals surface area (Å²) in [4.78, 5) is 11.5. The van der Waals surface area contributed by atoms with Gasteiger partial charge in [-0.05, 0) is 31.5 Å². The predicted molar refractivity (Wildman–Crippen MR) is 72.1 cm³/mol. The van der Waals surface area contributed by atoms with E-state index in [-0.39, 0.29) is 5.97 Å². The minimum absolute atomic E-state index is 0.300. The summed E-state index contributed by atoms with van der Waals surface area (Å²) >= 11 is 9.43. The molecule has 1 rings (SSSR count). The maximum Gasteiger partial charge on any atom is 0.325 e. The lowest BCUT2D eigenvalue weighted by Gasteiger charge is -2.23. The number of ether oxygens (including phenoxy) is 1. The summed E-state index contributed by atoms with van der Waals surface area (Å²) in [5.41, 5.74) is 0.206. The van der Waals surface area contributed by atoms with Crippen molar-refractivity contribution < 1.29 is 9.53 Å². The van der Waals surface area contributed by atoms with Gasteiger partial charge >= 0.3 is 5.97 Å². The molecule has 0 bridgehead atoms. The van der Waals surface area contributed by atoms with Crippen molar-refractivity contribution in [2.75, 3.05) is 7.11 Å². The molecule has 0 unspecified atom stereocenters. The predicted octanol–water partition coefficient (Wildman–Crippen LogP) is 3.14. The second-order valence-electron chi connectivity index (χ2n) is 4.21. The molecule has 0 spiro atoms. The van der Waals surface area contributed by atoms with Gasteiger partial charge in [0.15, 0.2) is 0 Å². The zero-order chi connectivity index (χ0) is 13.1. The Labute approximate surface area is 115 Å². The minimum Gasteiger partial charge on any atom is -0.468 e. The van der Waals surface area contributed by atoms with Crippen LogP contribution in [-0.2, 0) is 16.1 Å². The van der Waals surface area contributed by atoms with Gasteiger partial charge in [0.25, 0.3) is 0 Å². The lowest BCUT2D eigenvalue weighted by atomic mass is 10.1. The number of benzene rings is 1. The number of halogens is 2. The van der Waals surface area contributed by atoms with Crippen molar-refractivity contribution in [3.05, 3.63) is 33.3 Å². The van der Waals surface area contributed by atoms with Gasteiger partial charge in [0, 0.05) is 16.0 Å². The molecule has 0 saturated heterocycles. The van der Waals surface area contributed by atoms with E-state index < -0.39 is 5.54 Å². The van der Waals surface area contributed by atoms with Crippen LogP contribution in [0.25, 0.3) is 0 Å². The third-order valence-corrected chi connectivity index (χ3v) is 3.28. The van der Waals surface area contributed by atoms with Gasteiger partial charge < -0.3 is 4.74 Å². The van der Waals surface area contributed by atoms with Gasteiger partial charge in [0.2, 0.25) is 0 Å². The zero-order valence-corrected chi connectivity index (χ0v) is 12.4. The summed E-state index contributed by atoms with van der Waals surface area (Å²) in [6.07, 6.45) is 0. The van der Waals surface area contributed by atoms with Crippen LogP contribution in [0, 0.1) is 0 Å². The van der Waals surface area contributed by atoms with Crippen LogP contribution in [0.1, 0.15) is 19.4 Å². The van der Waals surface area contributed by atoms with E-state index in [9.17, 15) is 4.79 Å². The van der Waals surface area contributed by atoms with Crippen molar-refractivity contribution in [3.8, 4) is 0 Å². The normalized spacial score (nSPS) is 11.4. The Bertz CT molecular complexity index is 421. The summed E-state index contributed by atoms with van der Waals surface area (Å²) in [6, 6.07) is 5.64. The second kappa shape index (κ2) is 5.85. The largest absolute Gasteiger partial charge is 0.468 e. The van der Waals surface area contributed by atoms with Crippen molar-refractivity contribution in [2.45, 2.75) is 25.9 Å². The van der Waals surface area contributed by atoms with E-state index in [0.29, 0.717) is 11.6 Å². The zero-order valence-electron chi connectivity index (χ0n) is 10.0. The molecule has 1 N–H and O–H groups in total. The van der Waals surface area contributed by atoms with Gasteiger partial charge in [-0.3, -0.25) is 10.1 Å². The van der Waals surface area contributed by atoms with Crippen LogP contribution in [0.5, 0.6) is 0 Å². The molecular weight excluding hydrogens is 305 g/mol. The smallest absolute Gasteiger partial charge is 0.325 e. The van der Waals surface area contributed by atoms with Gasteiger partial charge in [-0.15, -0.1) is 0 Å². The summed E-state index contributed by atoms with van der Waals surface area (Å²) in [6.45, 7) is 4.05.